The summed E-state index contributed by atoms with van der Waals surface area (Å²) >= 11 is 0. The zero-order valence-corrected chi connectivity index (χ0v) is 17.1. The highest BCUT2D eigenvalue weighted by Crippen LogP contribution is 2.32. The lowest BCUT2D eigenvalue weighted by Gasteiger charge is -2.17. The number of furan rings is 1. The lowest BCUT2D eigenvalue weighted by molar-refractivity contribution is 0.0926. The van der Waals surface area contributed by atoms with Crippen molar-refractivity contribution in [1.82, 2.24) is 4.57 Å². The van der Waals surface area contributed by atoms with Gasteiger partial charge < -0.3 is 14.3 Å². The van der Waals surface area contributed by atoms with Gasteiger partial charge in [0, 0.05) is 17.6 Å². The maximum atomic E-state index is 13.4. The molecular weight excluding hydrogens is 384 g/mol. The molecule has 1 N–H and O–H groups in total. The molecule has 1 fully saturated rings. The van der Waals surface area contributed by atoms with E-state index in [1.165, 1.54) is 6.92 Å². The Morgan fingerprint density at radius 2 is 2.07 bits per heavy atom. The van der Waals surface area contributed by atoms with Crippen LogP contribution in [0.3, 0.4) is 0 Å². The summed E-state index contributed by atoms with van der Waals surface area (Å²) in [7, 11) is 0. The van der Waals surface area contributed by atoms with Gasteiger partial charge in [-0.15, -0.1) is 0 Å². The summed E-state index contributed by atoms with van der Waals surface area (Å²) in [4.78, 5) is 26.2. The fourth-order valence-corrected chi connectivity index (χ4v) is 4.05. The topological polar surface area (TPSA) is 105 Å². The lowest BCUT2D eigenvalue weighted by Crippen LogP contribution is -2.30. The van der Waals surface area contributed by atoms with Crippen LogP contribution in [0.15, 0.2) is 27.4 Å². The number of benzene rings is 1. The van der Waals surface area contributed by atoms with Crippen LogP contribution in [-0.2, 0) is 11.3 Å². The zero-order chi connectivity index (χ0) is 21.6. The summed E-state index contributed by atoms with van der Waals surface area (Å²) in [6, 6.07) is 7.53. The highest BCUT2D eigenvalue weighted by molar-refractivity contribution is 6.12. The Labute approximate surface area is 173 Å². The SMILES string of the molecule is Cc1ccc2c(C)c(C(=O)c3c(C)c(C#N)c(=O)n(CC4CCCO4)c3O)oc2c1. The van der Waals surface area contributed by atoms with Crippen molar-refractivity contribution in [3.8, 4) is 11.9 Å². The van der Waals surface area contributed by atoms with Crippen molar-refractivity contribution in [1.29, 1.82) is 5.26 Å². The number of hydrogen-bond donors (Lipinski definition) is 1. The van der Waals surface area contributed by atoms with Crippen LogP contribution in [0.25, 0.3) is 11.0 Å². The van der Waals surface area contributed by atoms with E-state index < -0.39 is 17.2 Å². The highest BCUT2D eigenvalue weighted by atomic mass is 16.5. The molecule has 0 aliphatic carbocycles. The second-order valence-corrected chi connectivity index (χ2v) is 7.75. The van der Waals surface area contributed by atoms with Crippen LogP contribution in [0, 0.1) is 32.1 Å². The number of rotatable bonds is 4. The fraction of sp³-hybridized carbons (Fsp3) is 0.348. The number of fused-ring (bicyclic) bond motifs is 1. The van der Waals surface area contributed by atoms with Gasteiger partial charge in [0.2, 0.25) is 11.7 Å². The minimum Gasteiger partial charge on any atom is -0.494 e. The van der Waals surface area contributed by atoms with E-state index in [1.807, 2.05) is 31.2 Å². The van der Waals surface area contributed by atoms with Crippen molar-refractivity contribution in [2.75, 3.05) is 6.61 Å². The molecule has 0 amide bonds. The van der Waals surface area contributed by atoms with Crippen molar-refractivity contribution in [3.63, 3.8) is 0 Å². The van der Waals surface area contributed by atoms with E-state index in [4.69, 9.17) is 9.15 Å². The molecule has 7 nitrogen and oxygen atoms in total. The Hall–Kier alpha value is -3.37. The van der Waals surface area contributed by atoms with E-state index >= 15 is 0 Å². The number of aromatic nitrogens is 1. The molecule has 1 aliphatic heterocycles. The number of aryl methyl sites for hydroxylation is 2. The molecule has 1 saturated heterocycles. The van der Waals surface area contributed by atoms with Crippen LogP contribution in [0.1, 0.15) is 51.2 Å². The van der Waals surface area contributed by atoms with Gasteiger partial charge in [0.15, 0.2) is 5.76 Å². The standard InChI is InChI=1S/C23H22N2O5/c1-12-6-7-16-14(3)21(30-18(16)9-12)20(26)19-13(2)17(10-24)22(27)25(23(19)28)11-15-5-4-8-29-15/h6-7,9,15,28H,4-5,8,11H2,1-3H3. The molecule has 0 spiro atoms. The third-order valence-electron chi connectivity index (χ3n) is 5.74. The third kappa shape index (κ3) is 3.10. The van der Waals surface area contributed by atoms with Gasteiger partial charge in [-0.3, -0.25) is 14.2 Å². The molecule has 30 heavy (non-hydrogen) atoms. The Morgan fingerprint density at radius 3 is 2.73 bits per heavy atom. The minimum absolute atomic E-state index is 0.0816. The summed E-state index contributed by atoms with van der Waals surface area (Å²) in [6.07, 6.45) is 1.36. The summed E-state index contributed by atoms with van der Waals surface area (Å²) < 4.78 is 12.5. The number of pyridine rings is 1. The fourth-order valence-electron chi connectivity index (χ4n) is 4.05. The second-order valence-electron chi connectivity index (χ2n) is 7.75. The Morgan fingerprint density at radius 1 is 1.30 bits per heavy atom. The summed E-state index contributed by atoms with van der Waals surface area (Å²) in [5.74, 6) is -0.942. The van der Waals surface area contributed by atoms with E-state index in [-0.39, 0.29) is 35.1 Å². The Balaban J connectivity index is 1.89. The molecular formula is C23H22N2O5. The van der Waals surface area contributed by atoms with Gasteiger partial charge in [-0.2, -0.15) is 5.26 Å². The predicted octanol–water partition coefficient (Wildman–Crippen LogP) is 3.51. The molecule has 0 bridgehead atoms. The van der Waals surface area contributed by atoms with Crippen molar-refractivity contribution < 1.29 is 19.1 Å². The third-order valence-corrected chi connectivity index (χ3v) is 5.74. The second kappa shape index (κ2) is 7.47. The van der Waals surface area contributed by atoms with Crippen molar-refractivity contribution in [2.24, 2.45) is 0 Å². The largest absolute Gasteiger partial charge is 0.494 e. The van der Waals surface area contributed by atoms with Gasteiger partial charge in [-0.05, 0) is 50.8 Å². The molecule has 0 radical (unpaired) electrons. The molecule has 1 unspecified atom stereocenters. The van der Waals surface area contributed by atoms with E-state index in [0.29, 0.717) is 17.8 Å². The molecule has 1 aromatic carbocycles. The molecule has 1 atom stereocenters. The first-order valence-electron chi connectivity index (χ1n) is 9.86. The van der Waals surface area contributed by atoms with E-state index in [9.17, 15) is 20.0 Å². The number of ketones is 1. The van der Waals surface area contributed by atoms with Crippen molar-refractivity contribution in [2.45, 2.75) is 46.3 Å². The van der Waals surface area contributed by atoms with Crippen LogP contribution in [0.4, 0.5) is 0 Å². The number of nitriles is 1. The van der Waals surface area contributed by atoms with Crippen molar-refractivity contribution in [3.05, 3.63) is 62.1 Å². The van der Waals surface area contributed by atoms with Crippen LogP contribution in [0.2, 0.25) is 0 Å². The smallest absolute Gasteiger partial charge is 0.271 e. The first-order chi connectivity index (χ1) is 14.3. The molecule has 154 valence electrons. The van der Waals surface area contributed by atoms with Gasteiger partial charge in [-0.1, -0.05) is 12.1 Å². The van der Waals surface area contributed by atoms with E-state index in [2.05, 4.69) is 0 Å². The van der Waals surface area contributed by atoms with E-state index in [0.717, 1.165) is 28.4 Å². The van der Waals surface area contributed by atoms with Gasteiger partial charge in [0.05, 0.1) is 18.2 Å². The maximum Gasteiger partial charge on any atom is 0.271 e. The lowest BCUT2D eigenvalue weighted by atomic mass is 9.98. The molecule has 3 aromatic rings. The minimum atomic E-state index is -0.628. The van der Waals surface area contributed by atoms with E-state index in [1.54, 1.807) is 6.92 Å². The van der Waals surface area contributed by atoms with Gasteiger partial charge in [0.25, 0.3) is 5.56 Å². The first kappa shape index (κ1) is 19.9. The Kier molecular flexibility index (Phi) is 4.96. The van der Waals surface area contributed by atoms with Gasteiger partial charge >= 0.3 is 0 Å². The monoisotopic (exact) mass is 406 g/mol. The molecule has 2 aromatic heterocycles. The van der Waals surface area contributed by atoms with Gasteiger partial charge in [0.1, 0.15) is 17.2 Å². The molecule has 7 heteroatoms. The van der Waals surface area contributed by atoms with Crippen LogP contribution in [0.5, 0.6) is 5.88 Å². The van der Waals surface area contributed by atoms with Gasteiger partial charge in [-0.25, -0.2) is 0 Å². The number of aromatic hydroxyl groups is 1. The number of nitrogens with zero attached hydrogens (tertiary/aromatic N) is 2. The highest BCUT2D eigenvalue weighted by Gasteiger charge is 2.30. The zero-order valence-electron chi connectivity index (χ0n) is 17.1. The number of hydrogen-bond acceptors (Lipinski definition) is 6. The molecule has 0 saturated carbocycles. The molecule has 4 rings (SSSR count). The summed E-state index contributed by atoms with van der Waals surface area (Å²) in [6.45, 7) is 5.85. The Bertz CT molecular complexity index is 1270. The van der Waals surface area contributed by atoms with Crippen LogP contribution >= 0.6 is 0 Å². The maximum absolute atomic E-state index is 13.4. The van der Waals surface area contributed by atoms with Crippen LogP contribution in [-0.4, -0.2) is 28.2 Å². The number of carbonyl (C=O) groups excluding carboxylic acids is 1. The average molecular weight is 406 g/mol. The van der Waals surface area contributed by atoms with Crippen LogP contribution < -0.4 is 5.56 Å². The average Bonchev–Trinajstić information content (AvgIpc) is 3.33. The quantitative estimate of drug-likeness (QED) is 0.665. The summed E-state index contributed by atoms with van der Waals surface area (Å²) in [5.41, 5.74) is 1.46. The molecule has 3 heterocycles. The number of ether oxygens (including phenoxy) is 1. The summed E-state index contributed by atoms with van der Waals surface area (Å²) in [5, 5.41) is 21.2. The van der Waals surface area contributed by atoms with Crippen molar-refractivity contribution >= 4 is 16.8 Å². The predicted molar refractivity (Wildman–Crippen MR) is 110 cm³/mol. The first-order valence-corrected chi connectivity index (χ1v) is 9.86. The normalized spacial score (nSPS) is 16.1. The molecule has 1 aliphatic rings. The number of carbonyl (C=O) groups is 1.